The molecule has 3 aromatic carbocycles. The van der Waals surface area contributed by atoms with Crippen molar-refractivity contribution in [1.82, 2.24) is 29.7 Å². The van der Waals surface area contributed by atoms with Gasteiger partial charge in [-0.05, 0) is 92.5 Å². The van der Waals surface area contributed by atoms with Gasteiger partial charge in [0.05, 0.1) is 29.0 Å². The predicted octanol–water partition coefficient (Wildman–Crippen LogP) is 6.26. The van der Waals surface area contributed by atoms with Crippen LogP contribution in [0.4, 0.5) is 8.78 Å². The second-order valence-corrected chi connectivity index (χ2v) is 12.9. The number of benzene rings is 3. The van der Waals surface area contributed by atoms with Gasteiger partial charge in [-0.15, -0.1) is 0 Å². The lowest BCUT2D eigenvalue weighted by Crippen LogP contribution is -2.43. The fourth-order valence-corrected chi connectivity index (χ4v) is 6.18. The predicted molar refractivity (Wildman–Crippen MR) is 188 cm³/mol. The second kappa shape index (κ2) is 15.6. The number of carbonyl (C=O) groups excluding carboxylic acids is 2. The first-order valence-electron chi connectivity index (χ1n) is 16.3. The van der Waals surface area contributed by atoms with Crippen molar-refractivity contribution in [3.05, 3.63) is 140 Å². The van der Waals surface area contributed by atoms with Gasteiger partial charge in [-0.1, -0.05) is 42.0 Å². The van der Waals surface area contributed by atoms with E-state index in [1.165, 1.54) is 23.2 Å². The van der Waals surface area contributed by atoms with Crippen molar-refractivity contribution in [2.45, 2.75) is 44.7 Å². The average molecular weight is 697 g/mol. The van der Waals surface area contributed by atoms with E-state index in [0.717, 1.165) is 60.1 Å². The van der Waals surface area contributed by atoms with Crippen LogP contribution in [0.2, 0.25) is 5.02 Å². The Morgan fingerprint density at radius 1 is 0.980 bits per heavy atom. The molecule has 5 aromatic rings. The third-order valence-electron chi connectivity index (χ3n) is 8.73. The molecule has 0 spiro atoms. The zero-order valence-electron chi connectivity index (χ0n) is 27.4. The number of fused-ring (bicyclic) bond motifs is 1. The molecule has 1 amide bonds. The molecule has 0 bridgehead atoms. The summed E-state index contributed by atoms with van der Waals surface area (Å²) >= 11 is 6.52. The Labute approximate surface area is 292 Å². The van der Waals surface area contributed by atoms with E-state index < -0.39 is 17.2 Å². The number of Topliss-reactive ketones (excluding diaryl/α,β-unsaturated/α-hetero) is 1. The molecule has 50 heavy (non-hydrogen) atoms. The Balaban J connectivity index is 1.03. The number of halogens is 3. The minimum absolute atomic E-state index is 0.0440. The Bertz CT molecular complexity index is 2150. The van der Waals surface area contributed by atoms with Crippen molar-refractivity contribution < 1.29 is 18.4 Å². The molecule has 1 aliphatic heterocycles. The summed E-state index contributed by atoms with van der Waals surface area (Å²) in [6.07, 6.45) is 10.8. The lowest BCUT2D eigenvalue weighted by atomic mass is 10.0. The standard InChI is InChI=1S/C38H35ClF2N6O3/c1-46-14-12-28(13-15-46)44-37(49)29-9-6-25(17-31(29)39)19-36-43-20-27-16-24(8-11-34(27)45-36)4-2-3-5-35(48)30-21-42-23-47(38(30)50)22-26-7-10-32(40)33(41)18-26/h2,4,6-11,16-18,20-21,23,28H,3,5,12-15,19,22H2,1H3,(H,44,49)/b4-2+. The molecule has 9 nitrogen and oxygen atoms in total. The van der Waals surface area contributed by atoms with Gasteiger partial charge >= 0.3 is 0 Å². The van der Waals surface area contributed by atoms with Gasteiger partial charge in [0.25, 0.3) is 11.5 Å². The van der Waals surface area contributed by atoms with Crippen LogP contribution in [-0.2, 0) is 13.0 Å². The van der Waals surface area contributed by atoms with Crippen LogP contribution in [0, 0.1) is 11.6 Å². The zero-order valence-corrected chi connectivity index (χ0v) is 28.2. The fraction of sp³-hybridized carbons (Fsp3) is 0.263. The van der Waals surface area contributed by atoms with E-state index in [4.69, 9.17) is 16.6 Å². The highest BCUT2D eigenvalue weighted by Crippen LogP contribution is 2.22. The number of nitrogens with one attached hydrogen (secondary N) is 1. The summed E-state index contributed by atoms with van der Waals surface area (Å²) in [5.74, 6) is -1.89. The molecule has 0 unspecified atom stereocenters. The van der Waals surface area contributed by atoms with Gasteiger partial charge in [0.1, 0.15) is 11.4 Å². The molecular formula is C38H35ClF2N6O3. The zero-order chi connectivity index (χ0) is 35.2. The van der Waals surface area contributed by atoms with Crippen LogP contribution < -0.4 is 10.9 Å². The number of allylic oxidation sites excluding steroid dienone is 1. The Morgan fingerprint density at radius 2 is 1.78 bits per heavy atom. The van der Waals surface area contributed by atoms with Gasteiger partial charge in [-0.3, -0.25) is 19.0 Å². The van der Waals surface area contributed by atoms with E-state index in [1.807, 2.05) is 36.4 Å². The number of hydrogen-bond acceptors (Lipinski definition) is 7. The van der Waals surface area contributed by atoms with E-state index >= 15 is 0 Å². The maximum atomic E-state index is 13.6. The second-order valence-electron chi connectivity index (χ2n) is 12.5. The molecule has 0 aliphatic carbocycles. The Kier molecular flexibility index (Phi) is 10.8. The van der Waals surface area contributed by atoms with Gasteiger partial charge in [0, 0.05) is 36.7 Å². The lowest BCUT2D eigenvalue weighted by Gasteiger charge is -2.29. The first-order valence-corrected chi connectivity index (χ1v) is 16.7. The maximum absolute atomic E-state index is 13.6. The van der Waals surface area contributed by atoms with Crippen LogP contribution in [0.5, 0.6) is 0 Å². The highest BCUT2D eigenvalue weighted by molar-refractivity contribution is 6.33. The maximum Gasteiger partial charge on any atom is 0.264 e. The summed E-state index contributed by atoms with van der Waals surface area (Å²) in [5, 5.41) is 4.35. The lowest BCUT2D eigenvalue weighted by molar-refractivity contribution is 0.0916. The number of hydrogen-bond donors (Lipinski definition) is 1. The number of nitrogens with zero attached hydrogens (tertiary/aromatic N) is 5. The quantitative estimate of drug-likeness (QED) is 0.163. The highest BCUT2D eigenvalue weighted by Gasteiger charge is 2.20. The number of piperidine rings is 1. The summed E-state index contributed by atoms with van der Waals surface area (Å²) in [6.45, 7) is 1.87. The number of rotatable bonds is 11. The van der Waals surface area contributed by atoms with Crippen LogP contribution in [0.15, 0.2) is 84.2 Å². The molecule has 1 fully saturated rings. The Hall–Kier alpha value is -5.13. The molecule has 256 valence electrons. The van der Waals surface area contributed by atoms with Crippen LogP contribution in [0.3, 0.4) is 0 Å². The van der Waals surface area contributed by atoms with E-state index in [1.54, 1.807) is 18.3 Å². The minimum Gasteiger partial charge on any atom is -0.349 e. The van der Waals surface area contributed by atoms with Gasteiger partial charge in [0.15, 0.2) is 17.4 Å². The van der Waals surface area contributed by atoms with Crippen LogP contribution in [0.1, 0.15) is 68.9 Å². The van der Waals surface area contributed by atoms with Crippen molar-refractivity contribution in [2.24, 2.45) is 0 Å². The molecule has 12 heteroatoms. The molecule has 3 heterocycles. The Morgan fingerprint density at radius 3 is 2.56 bits per heavy atom. The molecule has 0 saturated carbocycles. The summed E-state index contributed by atoms with van der Waals surface area (Å²) in [4.78, 5) is 54.0. The van der Waals surface area contributed by atoms with Gasteiger partial charge < -0.3 is 10.2 Å². The van der Waals surface area contributed by atoms with Gasteiger partial charge in [-0.25, -0.2) is 23.7 Å². The summed E-state index contributed by atoms with van der Waals surface area (Å²) in [5.41, 5.74) is 2.80. The normalized spacial score (nSPS) is 14.0. The van der Waals surface area contributed by atoms with Crippen molar-refractivity contribution >= 4 is 40.3 Å². The van der Waals surface area contributed by atoms with E-state index in [-0.39, 0.29) is 36.3 Å². The number of likely N-dealkylation sites (tertiary alicyclic amines) is 1. The smallest absolute Gasteiger partial charge is 0.264 e. The number of carbonyl (C=O) groups is 2. The summed E-state index contributed by atoms with van der Waals surface area (Å²) in [7, 11) is 2.08. The molecule has 0 atom stereocenters. The van der Waals surface area contributed by atoms with Gasteiger partial charge in [0.2, 0.25) is 0 Å². The topological polar surface area (TPSA) is 110 Å². The number of amides is 1. The third-order valence-corrected chi connectivity index (χ3v) is 9.05. The van der Waals surface area contributed by atoms with E-state index in [0.29, 0.717) is 34.8 Å². The molecule has 1 aliphatic rings. The molecule has 6 rings (SSSR count). The minimum atomic E-state index is -1.01. The van der Waals surface area contributed by atoms with Crippen LogP contribution >= 0.6 is 11.6 Å². The SMILES string of the molecule is CN1CCC(NC(=O)c2ccc(Cc3ncc4cc(/C=C/CCC(=O)c5cncn(Cc6ccc(F)c(F)c6)c5=O)ccc4n3)cc2Cl)CC1. The molecular weight excluding hydrogens is 662 g/mol. The molecule has 1 saturated heterocycles. The van der Waals surface area contributed by atoms with Crippen LogP contribution in [0.25, 0.3) is 17.0 Å². The monoisotopic (exact) mass is 696 g/mol. The van der Waals surface area contributed by atoms with Gasteiger partial charge in [-0.2, -0.15) is 0 Å². The fourth-order valence-electron chi connectivity index (χ4n) is 5.89. The first-order chi connectivity index (χ1) is 24.1. The van der Waals surface area contributed by atoms with Crippen molar-refractivity contribution in [2.75, 3.05) is 20.1 Å². The van der Waals surface area contributed by atoms with E-state index in [2.05, 4.69) is 27.2 Å². The number of aromatic nitrogens is 4. The largest absolute Gasteiger partial charge is 0.349 e. The van der Waals surface area contributed by atoms with Crippen molar-refractivity contribution in [3.63, 3.8) is 0 Å². The average Bonchev–Trinajstić information content (AvgIpc) is 3.10. The van der Waals surface area contributed by atoms with Crippen LogP contribution in [-0.4, -0.2) is 62.3 Å². The van der Waals surface area contributed by atoms with Crippen molar-refractivity contribution in [3.8, 4) is 0 Å². The third kappa shape index (κ3) is 8.53. The van der Waals surface area contributed by atoms with E-state index in [9.17, 15) is 23.2 Å². The molecule has 0 radical (unpaired) electrons. The summed E-state index contributed by atoms with van der Waals surface area (Å²) in [6, 6.07) is 14.7. The molecule has 1 N–H and O–H groups in total. The highest BCUT2D eigenvalue weighted by atomic mass is 35.5. The molecule has 2 aromatic heterocycles. The summed E-state index contributed by atoms with van der Waals surface area (Å²) < 4.78 is 28.0. The first kappa shape index (κ1) is 34.7. The number of ketones is 1. The van der Waals surface area contributed by atoms with Crippen molar-refractivity contribution in [1.29, 1.82) is 0 Å².